The number of aliphatic hydroxyl groups is 1. The second-order valence-corrected chi connectivity index (χ2v) is 11.4. The number of aliphatic hydroxyl groups excluding tert-OH is 1. The van der Waals surface area contributed by atoms with Crippen LogP contribution >= 0.6 is 23.2 Å². The van der Waals surface area contributed by atoms with Crippen LogP contribution in [-0.2, 0) is 17.8 Å². The average molecular weight is 600 g/mol. The normalized spacial score (nSPS) is 18.0. The number of para-hydroxylation sites is 1. The van der Waals surface area contributed by atoms with Crippen molar-refractivity contribution in [2.75, 3.05) is 37.4 Å². The minimum Gasteiger partial charge on any atom is -0.488 e. The number of urea groups is 1. The first-order valence-corrected chi connectivity index (χ1v) is 14.3. The van der Waals surface area contributed by atoms with Crippen molar-refractivity contribution in [1.82, 2.24) is 9.80 Å². The van der Waals surface area contributed by atoms with E-state index in [2.05, 4.69) is 22.5 Å². The smallest absolute Gasteiger partial charge is 0.323 e. The van der Waals surface area contributed by atoms with Gasteiger partial charge < -0.3 is 25.4 Å². The molecule has 0 radical (unpaired) electrons. The Bertz CT molecular complexity index is 1360. The van der Waals surface area contributed by atoms with Gasteiger partial charge in [0, 0.05) is 42.5 Å². The third kappa shape index (κ3) is 8.36. The molecule has 0 spiro atoms. The first-order chi connectivity index (χ1) is 19.6. The number of rotatable bonds is 8. The van der Waals surface area contributed by atoms with Gasteiger partial charge in [0.2, 0.25) is 5.91 Å². The van der Waals surface area contributed by atoms with E-state index in [4.69, 9.17) is 27.9 Å². The minimum atomic E-state index is -0.391. The molecule has 3 amide bonds. The highest BCUT2D eigenvalue weighted by atomic mass is 35.5. The molecule has 218 valence electrons. The number of carbonyl (C=O) groups is 2. The molecule has 3 atom stereocenters. The van der Waals surface area contributed by atoms with E-state index in [1.54, 1.807) is 41.3 Å². The number of hydrogen-bond donors (Lipinski definition) is 3. The maximum Gasteiger partial charge on any atom is 0.323 e. The number of halogens is 2. The van der Waals surface area contributed by atoms with Crippen LogP contribution < -0.4 is 15.4 Å². The minimum absolute atomic E-state index is 0.0374. The summed E-state index contributed by atoms with van der Waals surface area (Å²) < 4.78 is 6.59. The van der Waals surface area contributed by atoms with Gasteiger partial charge in [0.1, 0.15) is 11.9 Å². The predicted molar refractivity (Wildman–Crippen MR) is 164 cm³/mol. The summed E-state index contributed by atoms with van der Waals surface area (Å²) in [7, 11) is 2.00. The standard InChI is InChI=1S/C31H36Cl2N4O4/c1-20-16-37(21(2)19-38)30(39)15-23-14-25(35-31(40)34-24-7-5-4-6-8-24)10-12-28(23)41-29(20)18-36(3)17-22-9-11-26(32)27(33)13-22/h4-14,20-21,29,38H,15-19H2,1-3H3,(H2,34,35,40)/t20-,21+,29-/m0/s1. The number of amides is 3. The van der Waals surface area contributed by atoms with Gasteiger partial charge in [-0.25, -0.2) is 4.79 Å². The third-order valence-electron chi connectivity index (χ3n) is 7.13. The molecular weight excluding hydrogens is 563 g/mol. The molecule has 0 saturated heterocycles. The summed E-state index contributed by atoms with van der Waals surface area (Å²) in [6, 6.07) is 19.3. The van der Waals surface area contributed by atoms with E-state index in [9.17, 15) is 14.7 Å². The van der Waals surface area contributed by atoms with Gasteiger partial charge in [-0.15, -0.1) is 0 Å². The van der Waals surface area contributed by atoms with Gasteiger partial charge in [-0.1, -0.05) is 54.4 Å². The fourth-order valence-electron chi connectivity index (χ4n) is 4.86. The van der Waals surface area contributed by atoms with E-state index in [1.165, 1.54) is 0 Å². The van der Waals surface area contributed by atoms with E-state index >= 15 is 0 Å². The van der Waals surface area contributed by atoms with Crippen molar-refractivity contribution in [3.63, 3.8) is 0 Å². The van der Waals surface area contributed by atoms with Crippen LogP contribution in [-0.4, -0.2) is 65.7 Å². The third-order valence-corrected chi connectivity index (χ3v) is 7.87. The molecule has 1 aliphatic heterocycles. The molecule has 0 bridgehead atoms. The molecule has 4 rings (SSSR count). The van der Waals surface area contributed by atoms with Crippen LogP contribution in [0.25, 0.3) is 0 Å². The lowest BCUT2D eigenvalue weighted by Crippen LogP contribution is -2.47. The quantitative estimate of drug-likeness (QED) is 0.299. The van der Waals surface area contributed by atoms with Gasteiger partial charge in [-0.2, -0.15) is 0 Å². The van der Waals surface area contributed by atoms with Crippen LogP contribution in [0.15, 0.2) is 66.7 Å². The number of ether oxygens (including phenoxy) is 1. The van der Waals surface area contributed by atoms with Gasteiger partial charge in [0.15, 0.2) is 0 Å². The van der Waals surface area contributed by atoms with E-state index in [-0.39, 0.29) is 37.0 Å². The summed E-state index contributed by atoms with van der Waals surface area (Å²) in [6.45, 7) is 5.39. The van der Waals surface area contributed by atoms with Crippen molar-refractivity contribution >= 4 is 46.5 Å². The average Bonchev–Trinajstić information content (AvgIpc) is 2.98. The highest BCUT2D eigenvalue weighted by molar-refractivity contribution is 6.42. The lowest BCUT2D eigenvalue weighted by atomic mass is 10.0. The number of hydrogen-bond acceptors (Lipinski definition) is 5. The Morgan fingerprint density at radius 2 is 1.80 bits per heavy atom. The maximum absolute atomic E-state index is 13.5. The van der Waals surface area contributed by atoms with Gasteiger partial charge >= 0.3 is 6.03 Å². The largest absolute Gasteiger partial charge is 0.488 e. The number of nitrogens with zero attached hydrogens (tertiary/aromatic N) is 2. The molecule has 1 aliphatic rings. The molecule has 3 aromatic carbocycles. The number of fused-ring (bicyclic) bond motifs is 1. The summed E-state index contributed by atoms with van der Waals surface area (Å²) >= 11 is 12.3. The van der Waals surface area contributed by atoms with E-state index in [0.717, 1.165) is 5.56 Å². The van der Waals surface area contributed by atoms with Crippen LogP contribution in [0.1, 0.15) is 25.0 Å². The van der Waals surface area contributed by atoms with Crippen molar-refractivity contribution < 1.29 is 19.4 Å². The van der Waals surface area contributed by atoms with Crippen LogP contribution in [0, 0.1) is 5.92 Å². The van der Waals surface area contributed by atoms with Crippen molar-refractivity contribution in [3.8, 4) is 5.75 Å². The molecule has 3 N–H and O–H groups in total. The van der Waals surface area contributed by atoms with Gasteiger partial charge in [0.25, 0.3) is 0 Å². The fraction of sp³-hybridized carbons (Fsp3) is 0.355. The first kappa shape index (κ1) is 30.7. The molecule has 41 heavy (non-hydrogen) atoms. The van der Waals surface area contributed by atoms with Gasteiger partial charge in [-0.05, 0) is 62.0 Å². The van der Waals surface area contributed by atoms with E-state index in [1.807, 2.05) is 44.3 Å². The van der Waals surface area contributed by atoms with Crippen molar-refractivity contribution in [3.05, 3.63) is 87.9 Å². The summed E-state index contributed by atoms with van der Waals surface area (Å²) in [4.78, 5) is 29.9. The summed E-state index contributed by atoms with van der Waals surface area (Å²) in [5.74, 6) is 0.439. The molecule has 10 heteroatoms. The topological polar surface area (TPSA) is 94.1 Å². The molecule has 3 aromatic rings. The molecule has 0 saturated carbocycles. The van der Waals surface area contributed by atoms with Crippen LogP contribution in [0.4, 0.5) is 16.2 Å². The Kier molecular flexibility index (Phi) is 10.5. The summed E-state index contributed by atoms with van der Waals surface area (Å²) in [6.07, 6.45) is -0.186. The Balaban J connectivity index is 1.56. The zero-order valence-electron chi connectivity index (χ0n) is 23.4. The lowest BCUT2D eigenvalue weighted by molar-refractivity contribution is -0.134. The van der Waals surface area contributed by atoms with Crippen LogP contribution in [0.3, 0.4) is 0 Å². The van der Waals surface area contributed by atoms with Crippen molar-refractivity contribution in [2.24, 2.45) is 5.92 Å². The fourth-order valence-corrected chi connectivity index (χ4v) is 5.18. The zero-order chi connectivity index (χ0) is 29.5. The van der Waals surface area contributed by atoms with Crippen molar-refractivity contribution in [2.45, 2.75) is 39.0 Å². The number of likely N-dealkylation sites (N-methyl/N-ethyl adjacent to an activating group) is 1. The van der Waals surface area contributed by atoms with Crippen molar-refractivity contribution in [1.29, 1.82) is 0 Å². The number of carbonyl (C=O) groups excluding carboxylic acids is 2. The summed E-state index contributed by atoms with van der Waals surface area (Å²) in [5, 5.41) is 16.5. The second-order valence-electron chi connectivity index (χ2n) is 10.6. The number of nitrogens with one attached hydrogen (secondary N) is 2. The van der Waals surface area contributed by atoms with Gasteiger partial charge in [-0.3, -0.25) is 9.69 Å². The maximum atomic E-state index is 13.5. The summed E-state index contributed by atoms with van der Waals surface area (Å²) in [5.41, 5.74) is 2.89. The highest BCUT2D eigenvalue weighted by Gasteiger charge is 2.31. The van der Waals surface area contributed by atoms with Crippen LogP contribution in [0.5, 0.6) is 5.75 Å². The van der Waals surface area contributed by atoms with E-state index in [0.29, 0.717) is 52.4 Å². The molecule has 0 aromatic heterocycles. The molecule has 1 heterocycles. The molecular formula is C31H36Cl2N4O4. The molecule has 0 aliphatic carbocycles. The highest BCUT2D eigenvalue weighted by Crippen LogP contribution is 2.30. The SMILES string of the molecule is C[C@H](CO)N1C[C@H](C)[C@H](CN(C)Cc2ccc(Cl)c(Cl)c2)Oc2ccc(NC(=O)Nc3ccccc3)cc2CC1=O. The van der Waals surface area contributed by atoms with Gasteiger partial charge in [0.05, 0.1) is 29.1 Å². The Labute approximate surface area is 251 Å². The Morgan fingerprint density at radius 3 is 2.51 bits per heavy atom. The number of anilines is 2. The zero-order valence-corrected chi connectivity index (χ0v) is 25.0. The molecule has 8 nitrogen and oxygen atoms in total. The first-order valence-electron chi connectivity index (χ1n) is 13.6. The molecule has 0 unspecified atom stereocenters. The van der Waals surface area contributed by atoms with Crippen LogP contribution in [0.2, 0.25) is 10.0 Å². The monoisotopic (exact) mass is 598 g/mol. The lowest BCUT2D eigenvalue weighted by Gasteiger charge is -2.34. The molecule has 0 fully saturated rings. The second kappa shape index (κ2) is 14.0. The number of benzene rings is 3. The Hall–Kier alpha value is -3.30. The predicted octanol–water partition coefficient (Wildman–Crippen LogP) is 5.92. The van der Waals surface area contributed by atoms with E-state index < -0.39 is 6.03 Å². The Morgan fingerprint density at radius 1 is 1.07 bits per heavy atom.